The third-order valence-corrected chi connectivity index (χ3v) is 4.61. The molecule has 0 spiro atoms. The molecule has 3 nitrogen and oxygen atoms in total. The Hall–Kier alpha value is -1.35. The molecule has 110 valence electrons. The highest BCUT2D eigenvalue weighted by Crippen LogP contribution is 2.40. The average molecular weight is 275 g/mol. The number of hydrogen-bond acceptors (Lipinski definition) is 3. The first kappa shape index (κ1) is 15.0. The van der Waals surface area contributed by atoms with Crippen LogP contribution < -0.4 is 5.73 Å². The smallest absolute Gasteiger partial charge is 0.313 e. The number of carbonyl (C=O) groups excluding carboxylic acids is 1. The van der Waals surface area contributed by atoms with Crippen LogP contribution in [0.3, 0.4) is 0 Å². The van der Waals surface area contributed by atoms with Gasteiger partial charge in [-0.1, -0.05) is 37.3 Å². The molecule has 0 radical (unpaired) electrons. The minimum atomic E-state index is -0.463. The van der Waals surface area contributed by atoms with Crippen LogP contribution in [0.5, 0.6) is 0 Å². The van der Waals surface area contributed by atoms with Gasteiger partial charge in [0.1, 0.15) is 6.10 Å². The van der Waals surface area contributed by atoms with Crippen LogP contribution in [-0.4, -0.2) is 12.5 Å². The zero-order valence-electron chi connectivity index (χ0n) is 12.5. The van der Waals surface area contributed by atoms with Crippen molar-refractivity contribution in [3.8, 4) is 0 Å². The van der Waals surface area contributed by atoms with Gasteiger partial charge in [-0.2, -0.15) is 0 Å². The maximum absolute atomic E-state index is 12.5. The molecule has 2 N–H and O–H groups in total. The molecule has 1 aliphatic carbocycles. The summed E-state index contributed by atoms with van der Waals surface area (Å²) in [5.41, 5.74) is 6.46. The average Bonchev–Trinajstić information content (AvgIpc) is 2.49. The van der Waals surface area contributed by atoms with Crippen molar-refractivity contribution in [1.29, 1.82) is 0 Å². The van der Waals surface area contributed by atoms with E-state index in [1.54, 1.807) is 0 Å². The lowest BCUT2D eigenvalue weighted by molar-refractivity contribution is -0.163. The second kappa shape index (κ2) is 6.40. The molecule has 1 aliphatic rings. The van der Waals surface area contributed by atoms with E-state index in [1.165, 1.54) is 0 Å². The Morgan fingerprint density at radius 2 is 1.95 bits per heavy atom. The molecule has 3 heteroatoms. The molecule has 0 saturated heterocycles. The molecule has 1 saturated carbocycles. The molecule has 1 atom stereocenters. The molecule has 1 aromatic carbocycles. The summed E-state index contributed by atoms with van der Waals surface area (Å²) < 4.78 is 5.69. The summed E-state index contributed by atoms with van der Waals surface area (Å²) in [5, 5.41) is 0. The minimum absolute atomic E-state index is 0.122. The van der Waals surface area contributed by atoms with E-state index in [1.807, 2.05) is 37.3 Å². The number of esters is 1. The van der Waals surface area contributed by atoms with E-state index in [-0.39, 0.29) is 12.1 Å². The van der Waals surface area contributed by atoms with Gasteiger partial charge in [-0.25, -0.2) is 0 Å². The van der Waals surface area contributed by atoms with Gasteiger partial charge in [0.2, 0.25) is 0 Å². The first-order valence-corrected chi connectivity index (χ1v) is 7.53. The van der Waals surface area contributed by atoms with Crippen LogP contribution in [0.25, 0.3) is 0 Å². The molecule has 1 fully saturated rings. The summed E-state index contributed by atoms with van der Waals surface area (Å²) in [6.07, 6.45) is 3.61. The van der Waals surface area contributed by atoms with Gasteiger partial charge in [-0.05, 0) is 44.1 Å². The van der Waals surface area contributed by atoms with Crippen LogP contribution in [-0.2, 0) is 9.53 Å². The van der Waals surface area contributed by atoms with Crippen LogP contribution in [0.15, 0.2) is 30.3 Å². The summed E-state index contributed by atoms with van der Waals surface area (Å²) in [4.78, 5) is 12.5. The highest BCUT2D eigenvalue weighted by Gasteiger charge is 2.41. The van der Waals surface area contributed by atoms with Crippen LogP contribution in [0.4, 0.5) is 0 Å². The quantitative estimate of drug-likeness (QED) is 0.856. The highest BCUT2D eigenvalue weighted by atomic mass is 16.5. The Kier molecular flexibility index (Phi) is 4.81. The normalized spacial score (nSPS) is 27.9. The predicted molar refractivity (Wildman–Crippen MR) is 80.1 cm³/mol. The summed E-state index contributed by atoms with van der Waals surface area (Å²) in [7, 11) is 0. The van der Waals surface area contributed by atoms with Crippen LogP contribution in [0, 0.1) is 11.3 Å². The highest BCUT2D eigenvalue weighted by molar-refractivity contribution is 5.77. The van der Waals surface area contributed by atoms with Crippen molar-refractivity contribution in [3.05, 3.63) is 35.9 Å². The van der Waals surface area contributed by atoms with Gasteiger partial charge in [0.15, 0.2) is 0 Å². The van der Waals surface area contributed by atoms with Crippen molar-refractivity contribution in [2.45, 2.75) is 45.6 Å². The lowest BCUT2D eigenvalue weighted by Gasteiger charge is -2.37. The molecule has 0 bridgehead atoms. The Bertz CT molecular complexity index is 436. The predicted octanol–water partition coefficient (Wildman–Crippen LogP) is 3.45. The standard InChI is InChI=1S/C17H25NO2/c1-13-8-10-17(12-18,11-9-13)16(19)20-14(2)15-6-4-3-5-7-15/h3-7,13-14H,8-12,18H2,1-2H3. The van der Waals surface area contributed by atoms with E-state index in [0.29, 0.717) is 12.5 Å². The first-order valence-electron chi connectivity index (χ1n) is 7.53. The fourth-order valence-corrected chi connectivity index (χ4v) is 2.88. The number of nitrogens with two attached hydrogens (primary N) is 1. The molecule has 1 aromatic rings. The van der Waals surface area contributed by atoms with Gasteiger partial charge in [-0.15, -0.1) is 0 Å². The first-order chi connectivity index (χ1) is 9.57. The number of benzene rings is 1. The topological polar surface area (TPSA) is 52.3 Å². The molecule has 0 aliphatic heterocycles. The lowest BCUT2D eigenvalue weighted by Crippen LogP contribution is -2.43. The lowest BCUT2D eigenvalue weighted by atomic mass is 9.71. The number of ether oxygens (including phenoxy) is 1. The molecule has 20 heavy (non-hydrogen) atoms. The number of rotatable bonds is 4. The Labute approximate surface area is 121 Å². The largest absolute Gasteiger partial charge is 0.457 e. The van der Waals surface area contributed by atoms with Gasteiger partial charge in [0.25, 0.3) is 0 Å². The molecule has 0 aromatic heterocycles. The second-order valence-electron chi connectivity index (χ2n) is 6.13. The van der Waals surface area contributed by atoms with Crippen molar-refractivity contribution in [1.82, 2.24) is 0 Å². The molecule has 0 heterocycles. The SMILES string of the molecule is CC1CCC(CN)(C(=O)OC(C)c2ccccc2)CC1. The van der Waals surface area contributed by atoms with Crippen LogP contribution >= 0.6 is 0 Å². The summed E-state index contributed by atoms with van der Waals surface area (Å²) in [5.74, 6) is 0.567. The van der Waals surface area contributed by atoms with E-state index in [0.717, 1.165) is 31.2 Å². The monoisotopic (exact) mass is 275 g/mol. The van der Waals surface area contributed by atoms with Gasteiger partial charge >= 0.3 is 5.97 Å². The minimum Gasteiger partial charge on any atom is -0.457 e. The molecular formula is C17H25NO2. The van der Waals surface area contributed by atoms with Gasteiger partial charge in [0.05, 0.1) is 5.41 Å². The third-order valence-electron chi connectivity index (χ3n) is 4.61. The van der Waals surface area contributed by atoms with Crippen molar-refractivity contribution in [2.24, 2.45) is 17.1 Å². The van der Waals surface area contributed by atoms with Crippen LogP contribution in [0.1, 0.15) is 51.2 Å². The Morgan fingerprint density at radius 1 is 1.35 bits per heavy atom. The van der Waals surface area contributed by atoms with Crippen molar-refractivity contribution < 1.29 is 9.53 Å². The van der Waals surface area contributed by atoms with E-state index < -0.39 is 5.41 Å². The zero-order valence-corrected chi connectivity index (χ0v) is 12.5. The van der Waals surface area contributed by atoms with Crippen molar-refractivity contribution in [2.75, 3.05) is 6.54 Å². The Balaban J connectivity index is 2.03. The van der Waals surface area contributed by atoms with E-state index in [9.17, 15) is 4.79 Å². The molecule has 2 rings (SSSR count). The van der Waals surface area contributed by atoms with Crippen LogP contribution in [0.2, 0.25) is 0 Å². The van der Waals surface area contributed by atoms with E-state index in [4.69, 9.17) is 10.5 Å². The van der Waals surface area contributed by atoms with E-state index in [2.05, 4.69) is 6.92 Å². The summed E-state index contributed by atoms with van der Waals surface area (Å²) in [6, 6.07) is 9.84. The fourth-order valence-electron chi connectivity index (χ4n) is 2.88. The maximum Gasteiger partial charge on any atom is 0.313 e. The summed E-state index contributed by atoms with van der Waals surface area (Å²) in [6.45, 7) is 4.54. The third kappa shape index (κ3) is 3.21. The summed E-state index contributed by atoms with van der Waals surface area (Å²) >= 11 is 0. The number of carbonyl (C=O) groups is 1. The zero-order chi connectivity index (χ0) is 14.6. The number of hydrogen-bond donors (Lipinski definition) is 1. The van der Waals surface area contributed by atoms with Crippen molar-refractivity contribution in [3.63, 3.8) is 0 Å². The van der Waals surface area contributed by atoms with E-state index >= 15 is 0 Å². The molecular weight excluding hydrogens is 250 g/mol. The Morgan fingerprint density at radius 3 is 2.50 bits per heavy atom. The maximum atomic E-state index is 12.5. The molecule has 1 unspecified atom stereocenters. The second-order valence-corrected chi connectivity index (χ2v) is 6.13. The van der Waals surface area contributed by atoms with Crippen molar-refractivity contribution >= 4 is 5.97 Å². The van der Waals surface area contributed by atoms with Gasteiger partial charge < -0.3 is 10.5 Å². The van der Waals surface area contributed by atoms with Gasteiger partial charge in [-0.3, -0.25) is 4.79 Å². The van der Waals surface area contributed by atoms with Gasteiger partial charge in [0, 0.05) is 6.54 Å². The fraction of sp³-hybridized carbons (Fsp3) is 0.588. The molecule has 0 amide bonds.